The van der Waals surface area contributed by atoms with Crippen LogP contribution in [0.25, 0.3) is 0 Å². The second-order valence-electron chi connectivity index (χ2n) is 6.66. The van der Waals surface area contributed by atoms with Crippen LogP contribution in [0.4, 0.5) is 24.5 Å². The Morgan fingerprint density at radius 2 is 2.00 bits per heavy atom. The Labute approximate surface area is 150 Å². The number of rotatable bonds is 9. The molecule has 0 saturated carbocycles. The fourth-order valence-electron chi connectivity index (χ4n) is 2.51. The first-order valence-electron chi connectivity index (χ1n) is 8.21. The van der Waals surface area contributed by atoms with Crippen molar-refractivity contribution in [2.75, 3.05) is 33.0 Å². The van der Waals surface area contributed by atoms with Crippen molar-refractivity contribution in [3.8, 4) is 5.88 Å². The molecule has 1 rings (SSSR count). The third-order valence-corrected chi connectivity index (χ3v) is 4.14. The molecule has 1 heterocycles. The van der Waals surface area contributed by atoms with Crippen molar-refractivity contribution in [3.05, 3.63) is 21.9 Å². The molecule has 148 valence electrons. The number of nitrogen functional groups attached to an aromatic ring is 1. The summed E-state index contributed by atoms with van der Waals surface area (Å²) in [5.41, 5.74) is 5.06. The number of ether oxygens (including phenoxy) is 1. The van der Waals surface area contributed by atoms with E-state index in [9.17, 15) is 23.3 Å². The lowest BCUT2D eigenvalue weighted by molar-refractivity contribution is -0.386. The largest absolute Gasteiger partial charge is 0.467 e. The van der Waals surface area contributed by atoms with E-state index in [1.807, 2.05) is 25.9 Å². The highest BCUT2D eigenvalue weighted by Crippen LogP contribution is 2.36. The summed E-state index contributed by atoms with van der Waals surface area (Å²) in [6.45, 7) is 3.00. The van der Waals surface area contributed by atoms with E-state index in [-0.39, 0.29) is 28.9 Å². The number of hydrogen-bond donors (Lipinski definition) is 1. The first kappa shape index (κ1) is 21.9. The summed E-state index contributed by atoms with van der Waals surface area (Å²) in [6.07, 6.45) is -2.87. The molecule has 1 aromatic rings. The summed E-state index contributed by atoms with van der Waals surface area (Å²) in [7, 11) is 3.90. The van der Waals surface area contributed by atoms with E-state index in [0.717, 1.165) is 25.5 Å². The van der Waals surface area contributed by atoms with E-state index in [1.165, 1.54) is 0 Å². The number of nitro groups is 1. The molecule has 0 saturated heterocycles. The molecule has 0 aliphatic carbocycles. The summed E-state index contributed by atoms with van der Waals surface area (Å²) in [5.74, 6) is -0.734. The number of alkyl halides is 3. The molecule has 7 nitrogen and oxygen atoms in total. The molecule has 2 atom stereocenters. The van der Waals surface area contributed by atoms with Crippen molar-refractivity contribution in [2.45, 2.75) is 38.8 Å². The standard InChI is InChI=1S/C16H25F3N4O3/c1-10(6-5-7-22(3)4)11(2)14-13(23(24)25)8-12(20)15(21-14)26-9-16(17,18)19/h8,10-11H,5-7,9,20H2,1-4H3. The summed E-state index contributed by atoms with van der Waals surface area (Å²) in [5, 5.41) is 11.3. The molecule has 2 unspecified atom stereocenters. The number of anilines is 1. The SMILES string of the molecule is CC(CCCN(C)C)C(C)c1nc(OCC(F)(F)F)c(N)cc1[N+](=O)[O-]. The fourth-order valence-corrected chi connectivity index (χ4v) is 2.51. The highest BCUT2D eigenvalue weighted by Gasteiger charge is 2.31. The van der Waals surface area contributed by atoms with Gasteiger partial charge in [-0.05, 0) is 39.4 Å². The Bertz CT molecular complexity index is 623. The molecule has 0 aliphatic rings. The number of nitrogens with two attached hydrogens (primary N) is 1. The Morgan fingerprint density at radius 3 is 2.50 bits per heavy atom. The molecular formula is C16H25F3N4O3. The smallest absolute Gasteiger partial charge is 0.422 e. The van der Waals surface area contributed by atoms with Gasteiger partial charge in [0.15, 0.2) is 6.61 Å². The van der Waals surface area contributed by atoms with Gasteiger partial charge in [0.05, 0.1) is 4.92 Å². The monoisotopic (exact) mass is 378 g/mol. The number of aromatic nitrogens is 1. The van der Waals surface area contributed by atoms with E-state index in [4.69, 9.17) is 5.73 Å². The van der Waals surface area contributed by atoms with E-state index in [1.54, 1.807) is 6.92 Å². The van der Waals surface area contributed by atoms with Crippen LogP contribution in [0.15, 0.2) is 6.07 Å². The van der Waals surface area contributed by atoms with Gasteiger partial charge < -0.3 is 15.4 Å². The maximum Gasteiger partial charge on any atom is 0.422 e. The lowest BCUT2D eigenvalue weighted by atomic mass is 9.88. The molecule has 0 aromatic carbocycles. The number of hydrogen-bond acceptors (Lipinski definition) is 6. The van der Waals surface area contributed by atoms with Gasteiger partial charge in [0.1, 0.15) is 11.4 Å². The van der Waals surface area contributed by atoms with Crippen LogP contribution in [0.5, 0.6) is 5.88 Å². The molecule has 26 heavy (non-hydrogen) atoms. The van der Waals surface area contributed by atoms with Crippen molar-refractivity contribution in [2.24, 2.45) is 5.92 Å². The molecule has 0 radical (unpaired) electrons. The first-order chi connectivity index (χ1) is 11.9. The van der Waals surface area contributed by atoms with Gasteiger partial charge in [0, 0.05) is 12.0 Å². The Kier molecular flexibility index (Phi) is 7.61. The number of pyridine rings is 1. The molecule has 0 spiro atoms. The van der Waals surface area contributed by atoms with Crippen LogP contribution in [0.1, 0.15) is 38.3 Å². The Morgan fingerprint density at radius 1 is 1.38 bits per heavy atom. The highest BCUT2D eigenvalue weighted by molar-refractivity contribution is 5.57. The quantitative estimate of drug-likeness (QED) is 0.521. The van der Waals surface area contributed by atoms with E-state index in [2.05, 4.69) is 9.72 Å². The second kappa shape index (κ2) is 9.02. The zero-order valence-electron chi connectivity index (χ0n) is 15.3. The zero-order chi connectivity index (χ0) is 20.1. The molecule has 0 bridgehead atoms. The minimum absolute atomic E-state index is 0.0419. The average Bonchev–Trinajstić information content (AvgIpc) is 2.51. The average molecular weight is 378 g/mol. The normalized spacial score (nSPS) is 14.3. The van der Waals surface area contributed by atoms with Gasteiger partial charge in [-0.3, -0.25) is 10.1 Å². The maximum atomic E-state index is 12.4. The summed E-state index contributed by atoms with van der Waals surface area (Å²) in [6, 6.07) is 1.01. The van der Waals surface area contributed by atoms with Crippen molar-refractivity contribution in [1.82, 2.24) is 9.88 Å². The van der Waals surface area contributed by atoms with Crippen molar-refractivity contribution in [1.29, 1.82) is 0 Å². The van der Waals surface area contributed by atoms with Crippen LogP contribution < -0.4 is 10.5 Å². The van der Waals surface area contributed by atoms with Crippen molar-refractivity contribution < 1.29 is 22.8 Å². The highest BCUT2D eigenvalue weighted by atomic mass is 19.4. The van der Waals surface area contributed by atoms with Gasteiger partial charge in [-0.25, -0.2) is 4.98 Å². The Balaban J connectivity index is 3.07. The van der Waals surface area contributed by atoms with Crippen molar-refractivity contribution in [3.63, 3.8) is 0 Å². The predicted octanol–water partition coefficient (Wildman–Crippen LogP) is 3.59. The summed E-state index contributed by atoms with van der Waals surface area (Å²) in [4.78, 5) is 16.7. The summed E-state index contributed by atoms with van der Waals surface area (Å²) >= 11 is 0. The predicted molar refractivity (Wildman–Crippen MR) is 92.2 cm³/mol. The van der Waals surface area contributed by atoms with E-state index >= 15 is 0 Å². The van der Waals surface area contributed by atoms with Gasteiger partial charge in [-0.1, -0.05) is 13.8 Å². The lowest BCUT2D eigenvalue weighted by Crippen LogP contribution is -2.21. The number of nitrogens with zero attached hydrogens (tertiary/aromatic N) is 3. The molecule has 10 heteroatoms. The van der Waals surface area contributed by atoms with Gasteiger partial charge in [-0.2, -0.15) is 13.2 Å². The maximum absolute atomic E-state index is 12.4. The number of halogens is 3. The molecule has 2 N–H and O–H groups in total. The second-order valence-corrected chi connectivity index (χ2v) is 6.66. The minimum atomic E-state index is -4.55. The lowest BCUT2D eigenvalue weighted by Gasteiger charge is -2.21. The third kappa shape index (κ3) is 6.66. The van der Waals surface area contributed by atoms with Crippen LogP contribution >= 0.6 is 0 Å². The Hall–Kier alpha value is -2.10. The molecule has 0 aliphatic heterocycles. The van der Waals surface area contributed by atoms with Gasteiger partial charge in [0.25, 0.3) is 5.69 Å². The molecule has 0 amide bonds. The van der Waals surface area contributed by atoms with Crippen LogP contribution in [0.2, 0.25) is 0 Å². The molecular weight excluding hydrogens is 353 g/mol. The van der Waals surface area contributed by atoms with Crippen molar-refractivity contribution >= 4 is 11.4 Å². The molecule has 1 aromatic heterocycles. The summed E-state index contributed by atoms with van der Waals surface area (Å²) < 4.78 is 41.7. The van der Waals surface area contributed by atoms with Crippen LogP contribution in [-0.2, 0) is 0 Å². The van der Waals surface area contributed by atoms with Gasteiger partial charge in [-0.15, -0.1) is 0 Å². The zero-order valence-corrected chi connectivity index (χ0v) is 15.3. The van der Waals surface area contributed by atoms with Crippen LogP contribution in [-0.4, -0.2) is 48.2 Å². The van der Waals surface area contributed by atoms with E-state index in [0.29, 0.717) is 0 Å². The molecule has 0 fully saturated rings. The fraction of sp³-hybridized carbons (Fsp3) is 0.688. The first-order valence-corrected chi connectivity index (χ1v) is 8.21. The van der Waals surface area contributed by atoms with Gasteiger partial charge >= 0.3 is 6.18 Å². The van der Waals surface area contributed by atoms with Crippen LogP contribution in [0.3, 0.4) is 0 Å². The minimum Gasteiger partial charge on any atom is -0.467 e. The topological polar surface area (TPSA) is 94.5 Å². The van der Waals surface area contributed by atoms with E-state index < -0.39 is 23.6 Å². The van der Waals surface area contributed by atoms with Gasteiger partial charge in [0.2, 0.25) is 5.88 Å². The third-order valence-electron chi connectivity index (χ3n) is 4.14. The van der Waals surface area contributed by atoms with Crippen LogP contribution in [0, 0.1) is 16.0 Å².